The largest absolute Gasteiger partial charge is 0.326 e. The maximum Gasteiger partial charge on any atom is 0.258 e. The molecule has 5 nitrogen and oxygen atoms in total. The zero-order valence-corrected chi connectivity index (χ0v) is 18.3. The number of rotatable bonds is 6. The van der Waals surface area contributed by atoms with Crippen LogP contribution in [0.2, 0.25) is 0 Å². The summed E-state index contributed by atoms with van der Waals surface area (Å²) in [4.78, 5) is 30.2. The first-order valence-corrected chi connectivity index (χ1v) is 10.6. The third-order valence-corrected chi connectivity index (χ3v) is 5.68. The highest BCUT2D eigenvalue weighted by molar-refractivity contribution is 7.99. The molecule has 2 amide bonds. The quantitative estimate of drug-likeness (QED) is 0.538. The van der Waals surface area contributed by atoms with Crippen molar-refractivity contribution in [2.24, 2.45) is 5.92 Å². The molecule has 6 heteroatoms. The molecule has 0 saturated carbocycles. The van der Waals surface area contributed by atoms with Crippen molar-refractivity contribution < 1.29 is 9.59 Å². The lowest BCUT2D eigenvalue weighted by Gasteiger charge is -2.12. The molecule has 0 spiro atoms. The van der Waals surface area contributed by atoms with Crippen molar-refractivity contribution in [3.63, 3.8) is 0 Å². The predicted molar refractivity (Wildman–Crippen MR) is 122 cm³/mol. The van der Waals surface area contributed by atoms with E-state index in [2.05, 4.69) is 47.7 Å². The van der Waals surface area contributed by atoms with E-state index in [0.717, 1.165) is 10.5 Å². The van der Waals surface area contributed by atoms with Gasteiger partial charge in [0, 0.05) is 28.4 Å². The van der Waals surface area contributed by atoms with Crippen molar-refractivity contribution in [3.05, 3.63) is 77.5 Å². The molecule has 3 rings (SSSR count). The molecule has 2 N–H and O–H groups in total. The Bertz CT molecular complexity index is 1060. The number of nitrogens with one attached hydrogen (secondary N) is 2. The van der Waals surface area contributed by atoms with E-state index in [1.54, 1.807) is 42.6 Å². The summed E-state index contributed by atoms with van der Waals surface area (Å²) in [6.07, 6.45) is 1.69. The summed E-state index contributed by atoms with van der Waals surface area (Å²) >= 11 is 1.48. The number of aryl methyl sites for hydroxylation is 2. The Balaban J connectivity index is 1.74. The van der Waals surface area contributed by atoms with Crippen LogP contribution in [0.25, 0.3) is 0 Å². The second-order valence-corrected chi connectivity index (χ2v) is 8.43. The maximum atomic E-state index is 12.9. The summed E-state index contributed by atoms with van der Waals surface area (Å²) in [6.45, 7) is 7.79. The number of carbonyl (C=O) groups is 2. The smallest absolute Gasteiger partial charge is 0.258 e. The maximum absolute atomic E-state index is 12.9. The van der Waals surface area contributed by atoms with Crippen LogP contribution < -0.4 is 10.6 Å². The Morgan fingerprint density at radius 3 is 2.23 bits per heavy atom. The number of hydrogen-bond acceptors (Lipinski definition) is 4. The van der Waals surface area contributed by atoms with Crippen LogP contribution >= 0.6 is 11.8 Å². The van der Waals surface area contributed by atoms with Crippen molar-refractivity contribution in [3.8, 4) is 0 Å². The van der Waals surface area contributed by atoms with Gasteiger partial charge in [-0.3, -0.25) is 9.59 Å². The Kier molecular flexibility index (Phi) is 6.90. The molecule has 0 bridgehead atoms. The highest BCUT2D eigenvalue weighted by Crippen LogP contribution is 2.32. The highest BCUT2D eigenvalue weighted by atomic mass is 32.2. The van der Waals surface area contributed by atoms with E-state index in [9.17, 15) is 9.59 Å². The van der Waals surface area contributed by atoms with Gasteiger partial charge in [0.1, 0.15) is 5.03 Å². The average molecular weight is 420 g/mol. The minimum absolute atomic E-state index is 0.0461. The van der Waals surface area contributed by atoms with E-state index < -0.39 is 0 Å². The van der Waals surface area contributed by atoms with E-state index in [1.807, 2.05) is 13.8 Å². The van der Waals surface area contributed by atoms with Crippen LogP contribution in [-0.4, -0.2) is 16.8 Å². The first-order valence-electron chi connectivity index (χ1n) is 9.76. The van der Waals surface area contributed by atoms with Crippen LogP contribution in [0.15, 0.2) is 70.7 Å². The number of anilines is 2. The number of carbonyl (C=O) groups excluding carboxylic acids is 2. The normalized spacial score (nSPS) is 10.7. The summed E-state index contributed by atoms with van der Waals surface area (Å²) in [5.74, 6) is -0.368. The molecule has 0 aliphatic rings. The lowest BCUT2D eigenvalue weighted by atomic mass is 10.2. The van der Waals surface area contributed by atoms with Crippen LogP contribution in [0.3, 0.4) is 0 Å². The molecule has 30 heavy (non-hydrogen) atoms. The first kappa shape index (κ1) is 21.6. The van der Waals surface area contributed by atoms with Crippen molar-refractivity contribution >= 4 is 35.0 Å². The Morgan fingerprint density at radius 1 is 0.933 bits per heavy atom. The molecule has 0 unspecified atom stereocenters. The molecular formula is C24H25N3O2S. The van der Waals surface area contributed by atoms with E-state index in [-0.39, 0.29) is 17.7 Å². The Morgan fingerprint density at radius 2 is 1.60 bits per heavy atom. The number of aromatic nitrogens is 1. The standard InChI is InChI=1S/C24H25N3O2S/c1-15(2)22(28)26-18-8-10-19(11-9-18)27-23(29)20-6-5-13-25-24(20)30-21-12-7-16(3)14-17(21)4/h5-15H,1-4H3,(H,26,28)(H,27,29). The summed E-state index contributed by atoms with van der Waals surface area (Å²) < 4.78 is 0. The summed E-state index contributed by atoms with van der Waals surface area (Å²) in [5, 5.41) is 6.40. The fourth-order valence-corrected chi connectivity index (χ4v) is 3.73. The molecule has 0 fully saturated rings. The van der Waals surface area contributed by atoms with Gasteiger partial charge in [0.15, 0.2) is 0 Å². The molecule has 0 aliphatic heterocycles. The van der Waals surface area contributed by atoms with Crippen LogP contribution in [0.1, 0.15) is 35.3 Å². The van der Waals surface area contributed by atoms with Crippen molar-refractivity contribution in [2.75, 3.05) is 10.6 Å². The van der Waals surface area contributed by atoms with Crippen LogP contribution in [-0.2, 0) is 4.79 Å². The van der Waals surface area contributed by atoms with Gasteiger partial charge in [0.05, 0.1) is 5.56 Å². The number of nitrogens with zero attached hydrogens (tertiary/aromatic N) is 1. The lowest BCUT2D eigenvalue weighted by Crippen LogP contribution is -2.17. The van der Waals surface area contributed by atoms with Gasteiger partial charge in [-0.15, -0.1) is 0 Å². The zero-order valence-electron chi connectivity index (χ0n) is 17.5. The number of amides is 2. The summed E-state index contributed by atoms with van der Waals surface area (Å²) in [5.41, 5.74) is 4.20. The van der Waals surface area contributed by atoms with Crippen molar-refractivity contribution in [1.29, 1.82) is 0 Å². The lowest BCUT2D eigenvalue weighted by molar-refractivity contribution is -0.118. The molecule has 154 valence electrons. The van der Waals surface area contributed by atoms with E-state index >= 15 is 0 Å². The topological polar surface area (TPSA) is 71.1 Å². The molecule has 0 radical (unpaired) electrons. The monoisotopic (exact) mass is 419 g/mol. The van der Waals surface area contributed by atoms with Gasteiger partial charge in [-0.2, -0.15) is 0 Å². The fourth-order valence-electron chi connectivity index (χ4n) is 2.78. The molecule has 1 aromatic heterocycles. The number of hydrogen-bond donors (Lipinski definition) is 2. The highest BCUT2D eigenvalue weighted by Gasteiger charge is 2.15. The predicted octanol–water partition coefficient (Wildman–Crippen LogP) is 5.70. The Hall–Kier alpha value is -3.12. The fraction of sp³-hybridized carbons (Fsp3) is 0.208. The van der Waals surface area contributed by atoms with Gasteiger partial charge in [0.25, 0.3) is 5.91 Å². The third-order valence-electron chi connectivity index (χ3n) is 4.49. The molecule has 0 aliphatic carbocycles. The van der Waals surface area contributed by atoms with Crippen LogP contribution in [0.5, 0.6) is 0 Å². The van der Waals surface area contributed by atoms with Gasteiger partial charge < -0.3 is 10.6 Å². The second-order valence-electron chi connectivity index (χ2n) is 7.40. The van der Waals surface area contributed by atoms with Gasteiger partial charge in [-0.05, 0) is 61.9 Å². The van der Waals surface area contributed by atoms with Gasteiger partial charge in [-0.25, -0.2) is 4.98 Å². The molecule has 2 aromatic carbocycles. The molecule has 0 atom stereocenters. The van der Waals surface area contributed by atoms with E-state index in [4.69, 9.17) is 0 Å². The minimum atomic E-state index is -0.227. The van der Waals surface area contributed by atoms with Crippen LogP contribution in [0, 0.1) is 19.8 Å². The number of pyridine rings is 1. The molecule has 3 aromatic rings. The minimum Gasteiger partial charge on any atom is -0.326 e. The second kappa shape index (κ2) is 9.59. The molecule has 1 heterocycles. The molecular weight excluding hydrogens is 394 g/mol. The summed E-state index contributed by atoms with van der Waals surface area (Å²) in [6, 6.07) is 16.8. The van der Waals surface area contributed by atoms with Crippen molar-refractivity contribution in [2.45, 2.75) is 37.6 Å². The molecule has 0 saturated heterocycles. The van der Waals surface area contributed by atoms with Crippen molar-refractivity contribution in [1.82, 2.24) is 4.98 Å². The van der Waals surface area contributed by atoms with Gasteiger partial charge in [0.2, 0.25) is 5.91 Å². The average Bonchev–Trinajstić information content (AvgIpc) is 2.71. The summed E-state index contributed by atoms with van der Waals surface area (Å²) in [7, 11) is 0. The zero-order chi connectivity index (χ0) is 21.7. The third kappa shape index (κ3) is 5.48. The van der Waals surface area contributed by atoms with E-state index in [0.29, 0.717) is 22.0 Å². The number of benzene rings is 2. The van der Waals surface area contributed by atoms with Gasteiger partial charge >= 0.3 is 0 Å². The Labute approximate surface area is 181 Å². The first-order chi connectivity index (χ1) is 14.3. The van der Waals surface area contributed by atoms with Crippen LogP contribution in [0.4, 0.5) is 11.4 Å². The van der Waals surface area contributed by atoms with E-state index in [1.165, 1.54) is 17.3 Å². The SMILES string of the molecule is Cc1ccc(Sc2ncccc2C(=O)Nc2ccc(NC(=O)C(C)C)cc2)c(C)c1. The van der Waals surface area contributed by atoms with Gasteiger partial charge in [-0.1, -0.05) is 43.3 Å².